The minimum Gasteiger partial charge on any atom is -0.389 e. The second-order valence-electron chi connectivity index (χ2n) is 3.68. The molecule has 1 aromatic heterocycles. The van der Waals surface area contributed by atoms with Crippen LogP contribution in [0.4, 0.5) is 0 Å². The highest BCUT2D eigenvalue weighted by Crippen LogP contribution is 2.21. The van der Waals surface area contributed by atoms with Gasteiger partial charge in [0.25, 0.3) is 0 Å². The summed E-state index contributed by atoms with van der Waals surface area (Å²) in [5.74, 6) is -0.491. The molecule has 0 aliphatic rings. The maximum Gasteiger partial charge on any atom is 0.249 e. The molecular weight excluding hydrogens is 204 g/mol. The number of pyridine rings is 1. The fourth-order valence-electron chi connectivity index (χ4n) is 1.64. The number of carbonyl (C=O) groups is 1. The van der Waals surface area contributed by atoms with Gasteiger partial charge in [0.15, 0.2) is 0 Å². The van der Waals surface area contributed by atoms with Crippen LogP contribution >= 0.6 is 0 Å². The zero-order valence-electron chi connectivity index (χ0n) is 8.84. The highest BCUT2D eigenvalue weighted by atomic mass is 16.3. The van der Waals surface area contributed by atoms with Crippen molar-refractivity contribution >= 4 is 16.8 Å². The number of hydrogen-bond donors (Lipinski definition) is 2. The molecule has 0 spiro atoms. The molecule has 2 aromatic rings. The number of benzene rings is 1. The number of rotatable bonds is 2. The first-order valence-corrected chi connectivity index (χ1v) is 4.96. The molecule has 0 fully saturated rings. The molecule has 16 heavy (non-hydrogen) atoms. The molecule has 1 heterocycles. The minimum atomic E-state index is -0.578. The number of nitrogens with zero attached hydrogens (tertiary/aromatic N) is 1. The molecule has 3 N–H and O–H groups in total. The monoisotopic (exact) mass is 216 g/mol. The summed E-state index contributed by atoms with van der Waals surface area (Å²) in [6, 6.07) is 6.87. The van der Waals surface area contributed by atoms with Crippen LogP contribution < -0.4 is 5.73 Å². The second kappa shape index (κ2) is 3.90. The van der Waals surface area contributed by atoms with Crippen molar-refractivity contribution in [2.75, 3.05) is 0 Å². The number of amides is 1. The summed E-state index contributed by atoms with van der Waals surface area (Å²) in [5.41, 5.74) is 7.13. The van der Waals surface area contributed by atoms with Crippen LogP contribution in [-0.2, 0) is 0 Å². The standard InChI is InChI=1S/C12H12N2O2/c1-7(15)8-2-3-11-10(6-8)9(12(13)16)4-5-14-11/h2-7,15H,1H3,(H2,13,16). The first-order valence-electron chi connectivity index (χ1n) is 4.96. The van der Waals surface area contributed by atoms with E-state index in [1.54, 1.807) is 37.4 Å². The van der Waals surface area contributed by atoms with Crippen molar-refractivity contribution in [3.63, 3.8) is 0 Å². The molecule has 1 unspecified atom stereocenters. The summed E-state index contributed by atoms with van der Waals surface area (Å²) in [5, 5.41) is 10.2. The number of hydrogen-bond acceptors (Lipinski definition) is 3. The highest BCUT2D eigenvalue weighted by molar-refractivity contribution is 6.05. The van der Waals surface area contributed by atoms with Gasteiger partial charge in [-0.15, -0.1) is 0 Å². The number of fused-ring (bicyclic) bond motifs is 1. The SMILES string of the molecule is CC(O)c1ccc2nccc(C(N)=O)c2c1. The Kier molecular flexibility index (Phi) is 2.58. The van der Waals surface area contributed by atoms with E-state index in [0.29, 0.717) is 16.5 Å². The quantitative estimate of drug-likeness (QED) is 0.796. The fraction of sp³-hybridized carbons (Fsp3) is 0.167. The number of aliphatic hydroxyl groups is 1. The highest BCUT2D eigenvalue weighted by Gasteiger charge is 2.09. The van der Waals surface area contributed by atoms with Gasteiger partial charge < -0.3 is 10.8 Å². The number of aromatic nitrogens is 1. The van der Waals surface area contributed by atoms with Crippen LogP contribution in [0.2, 0.25) is 0 Å². The molecule has 0 saturated heterocycles. The third-order valence-corrected chi connectivity index (χ3v) is 2.51. The van der Waals surface area contributed by atoms with Gasteiger partial charge in [0.05, 0.1) is 17.2 Å². The van der Waals surface area contributed by atoms with Crippen molar-refractivity contribution in [2.45, 2.75) is 13.0 Å². The van der Waals surface area contributed by atoms with E-state index in [4.69, 9.17) is 5.73 Å². The van der Waals surface area contributed by atoms with Crippen molar-refractivity contribution in [3.05, 3.63) is 41.6 Å². The molecule has 0 aliphatic heterocycles. The van der Waals surface area contributed by atoms with Gasteiger partial charge in [0.2, 0.25) is 5.91 Å². The molecule has 0 bridgehead atoms. The van der Waals surface area contributed by atoms with E-state index in [2.05, 4.69) is 4.98 Å². The van der Waals surface area contributed by atoms with Crippen LogP contribution in [0.3, 0.4) is 0 Å². The largest absolute Gasteiger partial charge is 0.389 e. The van der Waals surface area contributed by atoms with Crippen molar-refractivity contribution in [1.29, 1.82) is 0 Å². The molecule has 1 amide bonds. The van der Waals surface area contributed by atoms with Gasteiger partial charge in [-0.05, 0) is 30.7 Å². The molecular formula is C12H12N2O2. The van der Waals surface area contributed by atoms with E-state index >= 15 is 0 Å². The molecule has 4 nitrogen and oxygen atoms in total. The van der Waals surface area contributed by atoms with Gasteiger partial charge in [-0.3, -0.25) is 9.78 Å². The predicted molar refractivity (Wildman–Crippen MR) is 60.9 cm³/mol. The van der Waals surface area contributed by atoms with Crippen LogP contribution in [0.5, 0.6) is 0 Å². The van der Waals surface area contributed by atoms with E-state index < -0.39 is 12.0 Å². The fourth-order valence-corrected chi connectivity index (χ4v) is 1.64. The van der Waals surface area contributed by atoms with E-state index in [1.807, 2.05) is 0 Å². The molecule has 1 atom stereocenters. The van der Waals surface area contributed by atoms with Gasteiger partial charge in [-0.1, -0.05) is 6.07 Å². The number of primary amides is 1. The Morgan fingerprint density at radius 2 is 2.19 bits per heavy atom. The Morgan fingerprint density at radius 3 is 2.81 bits per heavy atom. The van der Waals surface area contributed by atoms with Crippen LogP contribution in [0.1, 0.15) is 28.9 Å². The van der Waals surface area contributed by atoms with Crippen molar-refractivity contribution in [2.24, 2.45) is 5.73 Å². The Bertz CT molecular complexity index is 550. The van der Waals surface area contributed by atoms with Crippen LogP contribution in [-0.4, -0.2) is 16.0 Å². The maximum absolute atomic E-state index is 11.2. The average Bonchev–Trinajstić information content (AvgIpc) is 2.27. The summed E-state index contributed by atoms with van der Waals surface area (Å²) < 4.78 is 0. The van der Waals surface area contributed by atoms with Gasteiger partial charge in [-0.25, -0.2) is 0 Å². The van der Waals surface area contributed by atoms with E-state index in [1.165, 1.54) is 0 Å². The van der Waals surface area contributed by atoms with E-state index in [-0.39, 0.29) is 0 Å². The lowest BCUT2D eigenvalue weighted by Gasteiger charge is -2.07. The topological polar surface area (TPSA) is 76.2 Å². The third kappa shape index (κ3) is 1.75. The van der Waals surface area contributed by atoms with Gasteiger partial charge in [-0.2, -0.15) is 0 Å². The van der Waals surface area contributed by atoms with Crippen LogP contribution in [0.15, 0.2) is 30.5 Å². The lowest BCUT2D eigenvalue weighted by atomic mass is 10.0. The first-order chi connectivity index (χ1) is 7.59. The second-order valence-corrected chi connectivity index (χ2v) is 3.68. The maximum atomic E-state index is 11.2. The predicted octanol–water partition coefficient (Wildman–Crippen LogP) is 1.39. The summed E-state index contributed by atoms with van der Waals surface area (Å²) in [4.78, 5) is 15.4. The summed E-state index contributed by atoms with van der Waals surface area (Å²) in [6.45, 7) is 1.67. The number of carbonyl (C=O) groups excluding carboxylic acids is 1. The molecule has 82 valence electrons. The van der Waals surface area contributed by atoms with Crippen molar-refractivity contribution in [3.8, 4) is 0 Å². The lowest BCUT2D eigenvalue weighted by Crippen LogP contribution is -2.11. The first kappa shape index (κ1) is 10.6. The molecule has 0 radical (unpaired) electrons. The molecule has 1 aromatic carbocycles. The van der Waals surface area contributed by atoms with Crippen molar-refractivity contribution < 1.29 is 9.90 Å². The van der Waals surface area contributed by atoms with Crippen LogP contribution in [0, 0.1) is 0 Å². The lowest BCUT2D eigenvalue weighted by molar-refractivity contribution is 0.100. The number of nitrogens with two attached hydrogens (primary N) is 1. The Balaban J connectivity index is 2.73. The normalized spacial score (nSPS) is 12.6. The molecule has 0 aliphatic carbocycles. The minimum absolute atomic E-state index is 0.424. The molecule has 2 rings (SSSR count). The van der Waals surface area contributed by atoms with Crippen molar-refractivity contribution in [1.82, 2.24) is 4.98 Å². The zero-order valence-corrected chi connectivity index (χ0v) is 8.84. The van der Waals surface area contributed by atoms with Crippen LogP contribution in [0.25, 0.3) is 10.9 Å². The third-order valence-electron chi connectivity index (χ3n) is 2.51. The summed E-state index contributed by atoms with van der Waals surface area (Å²) in [7, 11) is 0. The Hall–Kier alpha value is -1.94. The molecule has 4 heteroatoms. The van der Waals surface area contributed by atoms with Gasteiger partial charge in [0.1, 0.15) is 0 Å². The number of aliphatic hydroxyl groups excluding tert-OH is 1. The Morgan fingerprint density at radius 1 is 1.44 bits per heavy atom. The summed E-state index contributed by atoms with van der Waals surface area (Å²) >= 11 is 0. The zero-order chi connectivity index (χ0) is 11.7. The van der Waals surface area contributed by atoms with E-state index in [0.717, 1.165) is 5.56 Å². The van der Waals surface area contributed by atoms with E-state index in [9.17, 15) is 9.90 Å². The smallest absolute Gasteiger partial charge is 0.249 e. The van der Waals surface area contributed by atoms with Gasteiger partial charge >= 0.3 is 0 Å². The van der Waals surface area contributed by atoms with Gasteiger partial charge in [0, 0.05) is 11.6 Å². The average molecular weight is 216 g/mol. The summed E-state index contributed by atoms with van der Waals surface area (Å²) in [6.07, 6.45) is 0.968. The molecule has 0 saturated carbocycles. The Labute approximate surface area is 92.7 Å².